The summed E-state index contributed by atoms with van der Waals surface area (Å²) >= 11 is 0. The molecule has 5 nitrogen and oxygen atoms in total. The Kier molecular flexibility index (Phi) is 4.95. The van der Waals surface area contributed by atoms with E-state index in [-0.39, 0.29) is 4.90 Å². The molecular weight excluding hydrogens is 297 g/mol. The second kappa shape index (κ2) is 6.53. The number of benzene rings is 1. The monoisotopic (exact) mass is 315 g/mol. The van der Waals surface area contributed by atoms with Crippen molar-refractivity contribution in [1.29, 1.82) is 0 Å². The molecular formula is C14H18FNO4S. The molecule has 0 amide bonds. The van der Waals surface area contributed by atoms with Crippen LogP contribution in [0.15, 0.2) is 23.1 Å². The van der Waals surface area contributed by atoms with E-state index in [1.807, 2.05) is 0 Å². The predicted octanol–water partition coefficient (Wildman–Crippen LogP) is 2.38. The first kappa shape index (κ1) is 15.9. The largest absolute Gasteiger partial charge is 0.478 e. The molecule has 1 aromatic carbocycles. The molecule has 0 bridgehead atoms. The highest BCUT2D eigenvalue weighted by atomic mass is 32.2. The molecule has 0 spiro atoms. The van der Waals surface area contributed by atoms with Crippen molar-refractivity contribution in [2.45, 2.75) is 37.0 Å². The van der Waals surface area contributed by atoms with Crippen LogP contribution < -0.4 is 4.72 Å². The van der Waals surface area contributed by atoms with E-state index < -0.39 is 27.4 Å². The number of halogens is 1. The van der Waals surface area contributed by atoms with Gasteiger partial charge < -0.3 is 5.11 Å². The van der Waals surface area contributed by atoms with Crippen molar-refractivity contribution < 1.29 is 22.7 Å². The van der Waals surface area contributed by atoms with Crippen molar-refractivity contribution in [2.75, 3.05) is 6.54 Å². The second-order valence-corrected chi connectivity index (χ2v) is 7.05. The molecule has 1 aliphatic rings. The van der Waals surface area contributed by atoms with Gasteiger partial charge >= 0.3 is 5.97 Å². The zero-order chi connectivity index (χ0) is 15.5. The maximum absolute atomic E-state index is 13.3. The Morgan fingerprint density at radius 2 is 2.00 bits per heavy atom. The van der Waals surface area contributed by atoms with E-state index in [1.165, 1.54) is 12.8 Å². The average molecular weight is 315 g/mol. The normalized spacial score (nSPS) is 16.2. The number of carbonyl (C=O) groups is 1. The van der Waals surface area contributed by atoms with Gasteiger partial charge in [0.15, 0.2) is 0 Å². The number of sulfonamides is 1. The van der Waals surface area contributed by atoms with Gasteiger partial charge in [0.2, 0.25) is 10.0 Å². The van der Waals surface area contributed by atoms with Crippen molar-refractivity contribution in [3.05, 3.63) is 29.6 Å². The van der Waals surface area contributed by atoms with Gasteiger partial charge in [-0.25, -0.2) is 22.3 Å². The van der Waals surface area contributed by atoms with E-state index in [0.29, 0.717) is 12.5 Å². The van der Waals surface area contributed by atoms with Gasteiger partial charge in [-0.15, -0.1) is 0 Å². The van der Waals surface area contributed by atoms with Crippen molar-refractivity contribution >= 4 is 16.0 Å². The van der Waals surface area contributed by atoms with Crippen LogP contribution in [0.1, 0.15) is 42.5 Å². The van der Waals surface area contributed by atoms with E-state index in [4.69, 9.17) is 5.11 Å². The van der Waals surface area contributed by atoms with Gasteiger partial charge in [0.1, 0.15) is 5.82 Å². The lowest BCUT2D eigenvalue weighted by Gasteiger charge is -2.11. The summed E-state index contributed by atoms with van der Waals surface area (Å²) in [6.07, 6.45) is 5.41. The zero-order valence-electron chi connectivity index (χ0n) is 11.5. The highest BCUT2D eigenvalue weighted by Gasteiger charge is 2.20. The van der Waals surface area contributed by atoms with Crippen LogP contribution in [0.5, 0.6) is 0 Å². The molecule has 7 heteroatoms. The standard InChI is InChI=1S/C14H18FNO4S/c15-13-6-5-11(9-12(13)14(17)18)21(19,20)16-8-7-10-3-1-2-4-10/h5-6,9-10,16H,1-4,7-8H2,(H,17,18). The summed E-state index contributed by atoms with van der Waals surface area (Å²) in [5, 5.41) is 8.82. The zero-order valence-corrected chi connectivity index (χ0v) is 12.3. The Morgan fingerprint density at radius 1 is 1.33 bits per heavy atom. The number of hydrogen-bond donors (Lipinski definition) is 2. The number of nitrogens with one attached hydrogen (secondary N) is 1. The Balaban J connectivity index is 2.04. The quantitative estimate of drug-likeness (QED) is 0.844. The van der Waals surface area contributed by atoms with Crippen molar-refractivity contribution in [2.24, 2.45) is 5.92 Å². The molecule has 2 rings (SSSR count). The maximum Gasteiger partial charge on any atom is 0.338 e. The predicted molar refractivity (Wildman–Crippen MR) is 75.1 cm³/mol. The van der Waals surface area contributed by atoms with Crippen LogP contribution in [0.3, 0.4) is 0 Å². The molecule has 0 atom stereocenters. The molecule has 0 aliphatic heterocycles. The summed E-state index contributed by atoms with van der Waals surface area (Å²) in [5.74, 6) is -1.89. The third-order valence-corrected chi connectivity index (χ3v) is 5.26. The van der Waals surface area contributed by atoms with Gasteiger partial charge in [0.05, 0.1) is 10.5 Å². The van der Waals surface area contributed by atoms with Crippen molar-refractivity contribution in [3.8, 4) is 0 Å². The average Bonchev–Trinajstić information content (AvgIpc) is 2.91. The first-order valence-corrected chi connectivity index (χ1v) is 8.41. The first-order chi connectivity index (χ1) is 9.90. The summed E-state index contributed by atoms with van der Waals surface area (Å²) in [6.45, 7) is 0.312. The van der Waals surface area contributed by atoms with Crippen LogP contribution in [0.4, 0.5) is 4.39 Å². The maximum atomic E-state index is 13.3. The fourth-order valence-corrected chi connectivity index (χ4v) is 3.69. The van der Waals surface area contributed by atoms with E-state index in [9.17, 15) is 17.6 Å². The molecule has 116 valence electrons. The molecule has 1 aromatic rings. The fraction of sp³-hybridized carbons (Fsp3) is 0.500. The van der Waals surface area contributed by atoms with Crippen LogP contribution >= 0.6 is 0 Å². The van der Waals surface area contributed by atoms with Gasteiger partial charge in [-0.3, -0.25) is 0 Å². The molecule has 0 aromatic heterocycles. The summed E-state index contributed by atoms with van der Waals surface area (Å²) in [4.78, 5) is 10.6. The second-order valence-electron chi connectivity index (χ2n) is 5.28. The Labute approximate surface area is 123 Å². The van der Waals surface area contributed by atoms with Gasteiger partial charge in [0.25, 0.3) is 0 Å². The number of rotatable bonds is 6. The molecule has 1 aliphatic carbocycles. The third kappa shape index (κ3) is 4.01. The lowest BCUT2D eigenvalue weighted by atomic mass is 10.1. The summed E-state index contributed by atoms with van der Waals surface area (Å²) in [5.41, 5.74) is -0.645. The van der Waals surface area contributed by atoms with Gasteiger partial charge in [-0.05, 0) is 30.5 Å². The summed E-state index contributed by atoms with van der Waals surface area (Å²) < 4.78 is 39.8. The van der Waals surface area contributed by atoms with Crippen LogP contribution in [-0.4, -0.2) is 26.0 Å². The van der Waals surface area contributed by atoms with Crippen LogP contribution in [-0.2, 0) is 10.0 Å². The third-order valence-electron chi connectivity index (χ3n) is 3.80. The molecule has 21 heavy (non-hydrogen) atoms. The van der Waals surface area contributed by atoms with Gasteiger partial charge in [-0.2, -0.15) is 0 Å². The minimum Gasteiger partial charge on any atom is -0.478 e. The fourth-order valence-electron chi connectivity index (χ4n) is 2.62. The van der Waals surface area contributed by atoms with Crippen molar-refractivity contribution in [1.82, 2.24) is 4.72 Å². The number of carboxylic acid groups (broad SMARTS) is 1. The highest BCUT2D eigenvalue weighted by Crippen LogP contribution is 2.27. The van der Waals surface area contributed by atoms with E-state index >= 15 is 0 Å². The van der Waals surface area contributed by atoms with E-state index in [2.05, 4.69) is 4.72 Å². The highest BCUT2D eigenvalue weighted by molar-refractivity contribution is 7.89. The molecule has 0 saturated heterocycles. The molecule has 0 unspecified atom stereocenters. The van der Waals surface area contributed by atoms with Crippen LogP contribution in [0, 0.1) is 11.7 Å². The molecule has 0 heterocycles. The minimum atomic E-state index is -3.80. The number of hydrogen-bond acceptors (Lipinski definition) is 3. The first-order valence-electron chi connectivity index (χ1n) is 6.92. The Bertz CT molecular complexity index is 624. The SMILES string of the molecule is O=C(O)c1cc(S(=O)(=O)NCCC2CCCC2)ccc1F. The molecule has 1 fully saturated rings. The van der Waals surface area contributed by atoms with Crippen molar-refractivity contribution in [3.63, 3.8) is 0 Å². The van der Waals surface area contributed by atoms with Gasteiger partial charge in [-0.1, -0.05) is 25.7 Å². The molecule has 1 saturated carbocycles. The Hall–Kier alpha value is -1.47. The lowest BCUT2D eigenvalue weighted by molar-refractivity contribution is 0.0691. The smallest absolute Gasteiger partial charge is 0.338 e. The summed E-state index contributed by atoms with van der Waals surface area (Å²) in [6, 6.07) is 2.77. The number of aromatic carboxylic acids is 1. The van der Waals surface area contributed by atoms with E-state index in [1.54, 1.807) is 0 Å². The van der Waals surface area contributed by atoms with E-state index in [0.717, 1.165) is 37.5 Å². The number of carboxylic acids is 1. The minimum absolute atomic E-state index is 0.229. The van der Waals surface area contributed by atoms with Gasteiger partial charge in [0, 0.05) is 6.54 Å². The van der Waals surface area contributed by atoms with Crippen LogP contribution in [0.25, 0.3) is 0 Å². The molecule has 0 radical (unpaired) electrons. The topological polar surface area (TPSA) is 83.5 Å². The van der Waals surface area contributed by atoms with Crippen LogP contribution in [0.2, 0.25) is 0 Å². The Morgan fingerprint density at radius 3 is 2.62 bits per heavy atom. The summed E-state index contributed by atoms with van der Waals surface area (Å²) in [7, 11) is -3.80. The lowest BCUT2D eigenvalue weighted by Crippen LogP contribution is -2.26. The molecule has 2 N–H and O–H groups in total.